The summed E-state index contributed by atoms with van der Waals surface area (Å²) in [6.07, 6.45) is 3.10. The molecule has 3 nitrogen and oxygen atoms in total. The van der Waals surface area contributed by atoms with Gasteiger partial charge in [0.05, 0.1) is 5.69 Å². The molecule has 2 aromatic rings. The Morgan fingerprint density at radius 1 is 0.900 bits per heavy atom. The number of hydrogen-bond donors (Lipinski definition) is 0. The van der Waals surface area contributed by atoms with Gasteiger partial charge in [0, 0.05) is 13.0 Å². The number of carbonyl (C=O) groups is 2. The van der Waals surface area contributed by atoms with Crippen LogP contribution in [-0.2, 0) is 9.59 Å². The molecule has 2 amide bonds. The molecule has 2 rings (SSSR count). The molecular formula is C17H15NO2. The van der Waals surface area contributed by atoms with Crippen LogP contribution in [0.1, 0.15) is 12.5 Å². The first kappa shape index (κ1) is 13.7. The molecule has 2 aromatic carbocycles. The number of hydrogen-bond acceptors (Lipinski definition) is 2. The lowest BCUT2D eigenvalue weighted by atomic mass is 10.2. The number of benzene rings is 2. The minimum atomic E-state index is -0.354. The molecule has 0 saturated carbocycles. The van der Waals surface area contributed by atoms with E-state index in [0.29, 0.717) is 5.69 Å². The second-order valence-corrected chi connectivity index (χ2v) is 4.27. The van der Waals surface area contributed by atoms with E-state index in [1.165, 1.54) is 13.0 Å². The largest absolute Gasteiger partial charge is 0.274 e. The molecule has 20 heavy (non-hydrogen) atoms. The highest BCUT2D eigenvalue weighted by Gasteiger charge is 2.17. The molecular weight excluding hydrogens is 250 g/mol. The molecule has 0 bridgehead atoms. The Morgan fingerprint density at radius 2 is 1.45 bits per heavy atom. The van der Waals surface area contributed by atoms with Gasteiger partial charge in [0.25, 0.3) is 5.91 Å². The van der Waals surface area contributed by atoms with Crippen LogP contribution in [0.25, 0.3) is 6.08 Å². The lowest BCUT2D eigenvalue weighted by Crippen LogP contribution is -2.33. The summed E-state index contributed by atoms with van der Waals surface area (Å²) in [5.41, 5.74) is 1.49. The van der Waals surface area contributed by atoms with Gasteiger partial charge in [0.15, 0.2) is 0 Å². The van der Waals surface area contributed by atoms with Crippen molar-refractivity contribution in [1.82, 2.24) is 0 Å². The Hall–Kier alpha value is -2.68. The third-order valence-electron chi connectivity index (χ3n) is 2.77. The van der Waals surface area contributed by atoms with Crippen LogP contribution < -0.4 is 4.90 Å². The lowest BCUT2D eigenvalue weighted by molar-refractivity contribution is -0.122. The van der Waals surface area contributed by atoms with Crippen LogP contribution in [0.5, 0.6) is 0 Å². The third kappa shape index (κ3) is 3.42. The van der Waals surface area contributed by atoms with E-state index < -0.39 is 0 Å². The monoisotopic (exact) mass is 265 g/mol. The van der Waals surface area contributed by atoms with Crippen molar-refractivity contribution in [1.29, 1.82) is 0 Å². The van der Waals surface area contributed by atoms with Gasteiger partial charge in [0.1, 0.15) is 0 Å². The summed E-state index contributed by atoms with van der Waals surface area (Å²) in [6, 6.07) is 18.4. The average molecular weight is 265 g/mol. The Morgan fingerprint density at radius 3 is 2.00 bits per heavy atom. The SMILES string of the molecule is CC(=O)N(C(=O)/C=C/c1ccccc1)c1ccccc1. The van der Waals surface area contributed by atoms with Crippen molar-refractivity contribution in [3.63, 3.8) is 0 Å². The highest BCUT2D eigenvalue weighted by atomic mass is 16.2. The zero-order valence-electron chi connectivity index (χ0n) is 11.2. The van der Waals surface area contributed by atoms with E-state index in [2.05, 4.69) is 0 Å². The van der Waals surface area contributed by atoms with Crippen LogP contribution in [0.2, 0.25) is 0 Å². The van der Waals surface area contributed by atoms with Gasteiger partial charge in [-0.2, -0.15) is 0 Å². The van der Waals surface area contributed by atoms with Crippen molar-refractivity contribution in [2.24, 2.45) is 0 Å². The molecule has 0 atom stereocenters. The van der Waals surface area contributed by atoms with E-state index in [0.717, 1.165) is 10.5 Å². The molecule has 0 aliphatic heterocycles. The highest BCUT2D eigenvalue weighted by molar-refractivity contribution is 6.19. The zero-order chi connectivity index (χ0) is 14.4. The normalized spacial score (nSPS) is 10.4. The van der Waals surface area contributed by atoms with E-state index in [-0.39, 0.29) is 11.8 Å². The van der Waals surface area contributed by atoms with E-state index in [1.54, 1.807) is 30.3 Å². The van der Waals surface area contributed by atoms with Crippen molar-refractivity contribution in [3.8, 4) is 0 Å². The molecule has 0 aliphatic rings. The summed E-state index contributed by atoms with van der Waals surface area (Å²) in [5, 5.41) is 0. The molecule has 0 unspecified atom stereocenters. The van der Waals surface area contributed by atoms with Crippen LogP contribution in [-0.4, -0.2) is 11.8 Å². The van der Waals surface area contributed by atoms with Gasteiger partial charge in [-0.05, 0) is 23.8 Å². The molecule has 0 heterocycles. The maximum absolute atomic E-state index is 12.2. The van der Waals surface area contributed by atoms with Gasteiger partial charge in [0.2, 0.25) is 5.91 Å². The van der Waals surface area contributed by atoms with Crippen molar-refractivity contribution in [2.45, 2.75) is 6.92 Å². The fraction of sp³-hybridized carbons (Fsp3) is 0.0588. The summed E-state index contributed by atoms with van der Waals surface area (Å²) in [5.74, 6) is -0.661. The molecule has 0 N–H and O–H groups in total. The number of amides is 2. The second kappa shape index (κ2) is 6.48. The lowest BCUT2D eigenvalue weighted by Gasteiger charge is -2.17. The minimum Gasteiger partial charge on any atom is -0.274 e. The molecule has 0 spiro atoms. The summed E-state index contributed by atoms with van der Waals surface area (Å²) < 4.78 is 0. The number of nitrogens with zero attached hydrogens (tertiary/aromatic N) is 1. The Labute approximate surface area is 118 Å². The number of para-hydroxylation sites is 1. The van der Waals surface area contributed by atoms with E-state index in [4.69, 9.17) is 0 Å². The summed E-state index contributed by atoms with van der Waals surface area (Å²) >= 11 is 0. The maximum Gasteiger partial charge on any atom is 0.257 e. The highest BCUT2D eigenvalue weighted by Crippen LogP contribution is 2.14. The second-order valence-electron chi connectivity index (χ2n) is 4.27. The standard InChI is InChI=1S/C17H15NO2/c1-14(19)18(16-10-6-3-7-11-16)17(20)13-12-15-8-4-2-5-9-15/h2-13H,1H3/b13-12+. The predicted octanol–water partition coefficient (Wildman–Crippen LogP) is 3.28. The van der Waals surface area contributed by atoms with Crippen LogP contribution in [0.4, 0.5) is 5.69 Å². The predicted molar refractivity (Wildman–Crippen MR) is 80.1 cm³/mol. The van der Waals surface area contributed by atoms with Crippen LogP contribution in [0.3, 0.4) is 0 Å². The van der Waals surface area contributed by atoms with Gasteiger partial charge < -0.3 is 0 Å². The Kier molecular flexibility index (Phi) is 4.45. The van der Waals surface area contributed by atoms with E-state index in [9.17, 15) is 9.59 Å². The molecule has 100 valence electrons. The fourth-order valence-corrected chi connectivity index (χ4v) is 1.85. The van der Waals surface area contributed by atoms with Crippen molar-refractivity contribution in [2.75, 3.05) is 4.90 Å². The first-order valence-electron chi connectivity index (χ1n) is 6.31. The topological polar surface area (TPSA) is 37.4 Å². The first-order chi connectivity index (χ1) is 9.68. The zero-order valence-corrected chi connectivity index (χ0v) is 11.2. The van der Waals surface area contributed by atoms with Gasteiger partial charge in [-0.25, -0.2) is 4.90 Å². The Balaban J connectivity index is 2.21. The van der Waals surface area contributed by atoms with Crippen molar-refractivity contribution in [3.05, 3.63) is 72.3 Å². The van der Waals surface area contributed by atoms with Crippen molar-refractivity contribution >= 4 is 23.6 Å². The van der Waals surface area contributed by atoms with Crippen LogP contribution >= 0.6 is 0 Å². The van der Waals surface area contributed by atoms with Gasteiger partial charge >= 0.3 is 0 Å². The average Bonchev–Trinajstić information content (AvgIpc) is 2.47. The molecule has 0 aliphatic carbocycles. The molecule has 0 fully saturated rings. The van der Waals surface area contributed by atoms with E-state index >= 15 is 0 Å². The molecule has 3 heteroatoms. The number of anilines is 1. The molecule has 0 radical (unpaired) electrons. The number of imide groups is 1. The smallest absolute Gasteiger partial charge is 0.257 e. The first-order valence-corrected chi connectivity index (χ1v) is 6.31. The Bertz CT molecular complexity index is 618. The third-order valence-corrected chi connectivity index (χ3v) is 2.77. The number of rotatable bonds is 3. The summed E-state index contributed by atoms with van der Waals surface area (Å²) in [6.45, 7) is 1.38. The maximum atomic E-state index is 12.2. The fourth-order valence-electron chi connectivity index (χ4n) is 1.85. The quantitative estimate of drug-likeness (QED) is 0.799. The van der Waals surface area contributed by atoms with Crippen LogP contribution in [0, 0.1) is 0 Å². The number of carbonyl (C=O) groups excluding carboxylic acids is 2. The van der Waals surface area contributed by atoms with Gasteiger partial charge in [-0.1, -0.05) is 48.5 Å². The minimum absolute atomic E-state index is 0.307. The molecule has 0 saturated heterocycles. The van der Waals surface area contributed by atoms with E-state index in [1.807, 2.05) is 36.4 Å². The van der Waals surface area contributed by atoms with Gasteiger partial charge in [-0.3, -0.25) is 9.59 Å². The molecule has 0 aromatic heterocycles. The van der Waals surface area contributed by atoms with Gasteiger partial charge in [-0.15, -0.1) is 0 Å². The summed E-state index contributed by atoms with van der Waals surface area (Å²) in [4.78, 5) is 25.0. The van der Waals surface area contributed by atoms with Crippen LogP contribution in [0.15, 0.2) is 66.7 Å². The van der Waals surface area contributed by atoms with Crippen molar-refractivity contribution < 1.29 is 9.59 Å². The summed E-state index contributed by atoms with van der Waals surface area (Å²) in [7, 11) is 0.